The molecule has 2 fully saturated rings. The lowest BCUT2D eigenvalue weighted by atomic mass is 10.1. The summed E-state index contributed by atoms with van der Waals surface area (Å²) >= 11 is 0. The molecule has 0 saturated carbocycles. The van der Waals surface area contributed by atoms with E-state index in [1.807, 2.05) is 24.3 Å². The maximum Gasteiger partial charge on any atom is 0.337 e. The van der Waals surface area contributed by atoms with Gasteiger partial charge in [-0.15, -0.1) is 0 Å². The maximum absolute atomic E-state index is 12.0. The number of anilines is 2. The highest BCUT2D eigenvalue weighted by molar-refractivity contribution is 5.92. The van der Waals surface area contributed by atoms with Gasteiger partial charge in [0.2, 0.25) is 5.95 Å². The van der Waals surface area contributed by atoms with Crippen LogP contribution in [0.3, 0.4) is 0 Å². The van der Waals surface area contributed by atoms with E-state index in [1.54, 1.807) is 12.1 Å². The number of esters is 1. The standard InChI is InChI=1S/C25H29N5O4/c1-16-14-33-11-9-29(16)23-20-7-8-21(18-5-4-6-19(13-18)24(31)32-3)26-22(20)27-25(28-23)30-10-12-34-15-17(30)2/h4-8,13,16-17H,9-12,14-15H2,1-3H3/t16-,17-/m0/s1. The van der Waals surface area contributed by atoms with Gasteiger partial charge in [-0.05, 0) is 38.1 Å². The molecule has 0 unspecified atom stereocenters. The van der Waals surface area contributed by atoms with Crippen LogP contribution in [0.4, 0.5) is 11.8 Å². The minimum Gasteiger partial charge on any atom is -0.465 e. The molecule has 9 nitrogen and oxygen atoms in total. The molecule has 1 aromatic carbocycles. The number of rotatable bonds is 4. The van der Waals surface area contributed by atoms with Gasteiger partial charge in [0.1, 0.15) is 5.82 Å². The first-order chi connectivity index (χ1) is 16.5. The van der Waals surface area contributed by atoms with E-state index in [1.165, 1.54) is 7.11 Å². The zero-order chi connectivity index (χ0) is 23.7. The number of benzene rings is 1. The highest BCUT2D eigenvalue weighted by atomic mass is 16.5. The van der Waals surface area contributed by atoms with Crippen LogP contribution in [0, 0.1) is 0 Å². The van der Waals surface area contributed by atoms with Crippen LogP contribution in [0.1, 0.15) is 24.2 Å². The number of carbonyl (C=O) groups is 1. The van der Waals surface area contributed by atoms with Crippen LogP contribution in [0.15, 0.2) is 36.4 Å². The number of carbonyl (C=O) groups excluding carboxylic acids is 1. The molecule has 5 rings (SSSR count). The lowest BCUT2D eigenvalue weighted by Gasteiger charge is -2.37. The second-order valence-electron chi connectivity index (χ2n) is 8.72. The smallest absolute Gasteiger partial charge is 0.337 e. The third-order valence-corrected chi connectivity index (χ3v) is 6.37. The minimum atomic E-state index is -0.378. The van der Waals surface area contributed by atoms with Gasteiger partial charge in [0, 0.05) is 18.7 Å². The van der Waals surface area contributed by atoms with E-state index in [2.05, 4.69) is 23.6 Å². The van der Waals surface area contributed by atoms with Gasteiger partial charge in [-0.3, -0.25) is 0 Å². The zero-order valence-corrected chi connectivity index (χ0v) is 19.7. The van der Waals surface area contributed by atoms with Crippen molar-refractivity contribution in [2.24, 2.45) is 0 Å². The third-order valence-electron chi connectivity index (χ3n) is 6.37. The van der Waals surface area contributed by atoms with Crippen molar-refractivity contribution < 1.29 is 19.0 Å². The van der Waals surface area contributed by atoms with E-state index in [0.717, 1.165) is 35.6 Å². The summed E-state index contributed by atoms with van der Waals surface area (Å²) in [6.07, 6.45) is 0. The summed E-state index contributed by atoms with van der Waals surface area (Å²) in [5, 5.41) is 0.895. The molecule has 0 spiro atoms. The highest BCUT2D eigenvalue weighted by Gasteiger charge is 2.27. The Hall–Kier alpha value is -3.30. The van der Waals surface area contributed by atoms with Crippen LogP contribution in [0.5, 0.6) is 0 Å². The summed E-state index contributed by atoms with van der Waals surface area (Å²) < 4.78 is 16.2. The molecule has 4 heterocycles. The molecule has 178 valence electrons. The molecule has 3 aromatic rings. The number of aromatic nitrogens is 3. The van der Waals surface area contributed by atoms with Gasteiger partial charge in [-0.2, -0.15) is 9.97 Å². The molecular formula is C25H29N5O4. The molecule has 0 bridgehead atoms. The molecule has 0 amide bonds. The molecule has 0 aliphatic carbocycles. The van der Waals surface area contributed by atoms with Crippen molar-refractivity contribution in [3.05, 3.63) is 42.0 Å². The predicted molar refractivity (Wildman–Crippen MR) is 129 cm³/mol. The first-order valence-electron chi connectivity index (χ1n) is 11.6. The number of methoxy groups -OCH3 is 1. The van der Waals surface area contributed by atoms with Crippen molar-refractivity contribution in [3.8, 4) is 11.3 Å². The molecule has 2 atom stereocenters. The zero-order valence-electron chi connectivity index (χ0n) is 19.7. The number of morpholine rings is 2. The van der Waals surface area contributed by atoms with Crippen molar-refractivity contribution in [2.45, 2.75) is 25.9 Å². The molecule has 34 heavy (non-hydrogen) atoms. The monoisotopic (exact) mass is 463 g/mol. The second-order valence-corrected chi connectivity index (χ2v) is 8.72. The van der Waals surface area contributed by atoms with Gasteiger partial charge < -0.3 is 24.0 Å². The lowest BCUT2D eigenvalue weighted by molar-refractivity contribution is 0.0600. The first kappa shape index (κ1) is 22.5. The summed E-state index contributed by atoms with van der Waals surface area (Å²) in [6, 6.07) is 11.6. The van der Waals surface area contributed by atoms with Gasteiger partial charge in [0.05, 0.1) is 62.3 Å². The van der Waals surface area contributed by atoms with E-state index in [-0.39, 0.29) is 18.1 Å². The number of nitrogens with zero attached hydrogens (tertiary/aromatic N) is 5. The van der Waals surface area contributed by atoms with E-state index in [0.29, 0.717) is 43.6 Å². The average Bonchev–Trinajstić information content (AvgIpc) is 2.88. The van der Waals surface area contributed by atoms with Crippen molar-refractivity contribution in [2.75, 3.05) is 56.4 Å². The van der Waals surface area contributed by atoms with Crippen LogP contribution in [-0.2, 0) is 14.2 Å². The summed E-state index contributed by atoms with van der Waals surface area (Å²) in [6.45, 7) is 8.34. The van der Waals surface area contributed by atoms with Gasteiger partial charge in [-0.25, -0.2) is 9.78 Å². The molecule has 2 aromatic heterocycles. The maximum atomic E-state index is 12.0. The lowest BCUT2D eigenvalue weighted by Crippen LogP contribution is -2.46. The topological polar surface area (TPSA) is 89.9 Å². The largest absolute Gasteiger partial charge is 0.465 e. The third kappa shape index (κ3) is 4.28. The van der Waals surface area contributed by atoms with Crippen LogP contribution < -0.4 is 9.80 Å². The predicted octanol–water partition coefficient (Wildman–Crippen LogP) is 2.93. The average molecular weight is 464 g/mol. The van der Waals surface area contributed by atoms with Crippen LogP contribution in [-0.4, -0.2) is 79.6 Å². The Balaban J connectivity index is 1.63. The van der Waals surface area contributed by atoms with Gasteiger partial charge in [0.15, 0.2) is 5.65 Å². The quantitative estimate of drug-likeness (QED) is 0.542. The molecule has 2 aliphatic heterocycles. The van der Waals surface area contributed by atoms with Gasteiger partial charge in [-0.1, -0.05) is 12.1 Å². The van der Waals surface area contributed by atoms with Crippen molar-refractivity contribution in [3.63, 3.8) is 0 Å². The number of hydrogen-bond acceptors (Lipinski definition) is 9. The fourth-order valence-corrected chi connectivity index (χ4v) is 4.48. The number of ether oxygens (including phenoxy) is 3. The Bertz CT molecular complexity index is 1200. The summed E-state index contributed by atoms with van der Waals surface area (Å²) in [4.78, 5) is 31.3. The second kappa shape index (κ2) is 9.52. The molecular weight excluding hydrogens is 434 g/mol. The van der Waals surface area contributed by atoms with Gasteiger partial charge >= 0.3 is 5.97 Å². The number of pyridine rings is 1. The van der Waals surface area contributed by atoms with Crippen LogP contribution >= 0.6 is 0 Å². The van der Waals surface area contributed by atoms with Crippen LogP contribution in [0.2, 0.25) is 0 Å². The Morgan fingerprint density at radius 2 is 1.71 bits per heavy atom. The fraction of sp³-hybridized carbons (Fsp3) is 0.440. The van der Waals surface area contributed by atoms with Crippen molar-refractivity contribution in [1.29, 1.82) is 0 Å². The Labute approximate surface area is 198 Å². The minimum absolute atomic E-state index is 0.168. The molecule has 2 saturated heterocycles. The Morgan fingerprint density at radius 1 is 0.971 bits per heavy atom. The molecule has 9 heteroatoms. The van der Waals surface area contributed by atoms with Crippen molar-refractivity contribution >= 4 is 28.8 Å². The van der Waals surface area contributed by atoms with E-state index in [9.17, 15) is 4.79 Å². The number of hydrogen-bond donors (Lipinski definition) is 0. The normalized spacial score (nSPS) is 21.0. The van der Waals surface area contributed by atoms with E-state index >= 15 is 0 Å². The Kier molecular flexibility index (Phi) is 6.30. The molecule has 0 N–H and O–H groups in total. The van der Waals surface area contributed by atoms with E-state index < -0.39 is 0 Å². The number of fused-ring (bicyclic) bond motifs is 1. The highest BCUT2D eigenvalue weighted by Crippen LogP contribution is 2.31. The summed E-state index contributed by atoms with van der Waals surface area (Å²) in [7, 11) is 1.38. The van der Waals surface area contributed by atoms with E-state index in [4.69, 9.17) is 29.2 Å². The Morgan fingerprint density at radius 3 is 2.41 bits per heavy atom. The van der Waals surface area contributed by atoms with Gasteiger partial charge in [0.25, 0.3) is 0 Å². The molecule has 0 radical (unpaired) electrons. The first-order valence-corrected chi connectivity index (χ1v) is 11.6. The van der Waals surface area contributed by atoms with Crippen LogP contribution in [0.25, 0.3) is 22.3 Å². The summed E-state index contributed by atoms with van der Waals surface area (Å²) in [5.41, 5.74) is 2.67. The SMILES string of the molecule is COC(=O)c1cccc(-c2ccc3c(N4CCOC[C@@H]4C)nc(N4CCOC[C@@H]4C)nc3n2)c1. The van der Waals surface area contributed by atoms with Crippen molar-refractivity contribution in [1.82, 2.24) is 15.0 Å². The fourth-order valence-electron chi connectivity index (χ4n) is 4.48. The molecule has 2 aliphatic rings. The summed E-state index contributed by atoms with van der Waals surface area (Å²) in [5.74, 6) is 1.15.